The fourth-order valence-electron chi connectivity index (χ4n) is 2.88. The summed E-state index contributed by atoms with van der Waals surface area (Å²) < 4.78 is 1.67. The number of halogens is 2. The smallest absolute Gasteiger partial charge is 0.239 e. The molecule has 2 amide bonds. The van der Waals surface area contributed by atoms with Gasteiger partial charge in [0.15, 0.2) is 0 Å². The zero-order valence-corrected chi connectivity index (χ0v) is 18.0. The normalized spacial score (nSPS) is 10.8. The largest absolute Gasteiger partial charge is 0.322 e. The van der Waals surface area contributed by atoms with Gasteiger partial charge in [-0.15, -0.1) is 0 Å². The molecule has 7 nitrogen and oxygen atoms in total. The van der Waals surface area contributed by atoms with Crippen LogP contribution in [0.5, 0.6) is 0 Å². The molecular formula is C21H21Cl2N5O2. The number of hydrogen-bond donors (Lipinski definition) is 2. The number of carbonyl (C=O) groups is 2. The number of nitrogens with one attached hydrogen (secondary N) is 2. The maximum absolute atomic E-state index is 12.5. The van der Waals surface area contributed by atoms with E-state index in [0.717, 1.165) is 11.4 Å². The molecule has 1 aromatic heterocycles. The van der Waals surface area contributed by atoms with Crippen molar-refractivity contribution < 1.29 is 9.59 Å². The molecule has 156 valence electrons. The summed E-state index contributed by atoms with van der Waals surface area (Å²) in [6.07, 6.45) is 0. The second-order valence-electron chi connectivity index (χ2n) is 6.78. The van der Waals surface area contributed by atoms with Gasteiger partial charge in [-0.1, -0.05) is 47.5 Å². The Labute approximate surface area is 184 Å². The minimum atomic E-state index is -0.328. The molecule has 0 saturated carbocycles. The first-order valence-corrected chi connectivity index (χ1v) is 9.93. The van der Waals surface area contributed by atoms with Gasteiger partial charge in [-0.2, -0.15) is 5.10 Å². The number of amides is 2. The van der Waals surface area contributed by atoms with Crippen LogP contribution >= 0.6 is 23.2 Å². The van der Waals surface area contributed by atoms with Crippen LogP contribution < -0.4 is 10.6 Å². The van der Waals surface area contributed by atoms with Gasteiger partial charge in [0, 0.05) is 6.07 Å². The van der Waals surface area contributed by atoms with Gasteiger partial charge in [0.1, 0.15) is 5.82 Å². The lowest BCUT2D eigenvalue weighted by atomic mass is 10.3. The van der Waals surface area contributed by atoms with E-state index in [1.807, 2.05) is 37.3 Å². The number of likely N-dealkylation sites (N-methyl/N-ethyl adjacent to an activating group) is 1. The molecule has 2 aromatic carbocycles. The quantitative estimate of drug-likeness (QED) is 0.575. The standard InChI is InChI=1S/C21H21Cl2N5O2/c1-14-11-18(28(26-14)15-7-4-3-5-8-15)24-19(29)12-27(2)13-20(30)25-21-16(22)9-6-10-17(21)23/h3-11H,12-13H2,1-2H3,(H,24,29)(H,25,30). The third kappa shape index (κ3) is 5.60. The molecule has 0 radical (unpaired) electrons. The molecule has 0 aliphatic rings. The van der Waals surface area contributed by atoms with E-state index >= 15 is 0 Å². The van der Waals surface area contributed by atoms with E-state index < -0.39 is 0 Å². The highest BCUT2D eigenvalue weighted by Crippen LogP contribution is 2.29. The summed E-state index contributed by atoms with van der Waals surface area (Å²) in [6.45, 7) is 1.86. The number of hydrogen-bond acceptors (Lipinski definition) is 4. The van der Waals surface area contributed by atoms with Gasteiger partial charge in [0.25, 0.3) is 0 Å². The fourth-order valence-corrected chi connectivity index (χ4v) is 3.37. The summed E-state index contributed by atoms with van der Waals surface area (Å²) in [7, 11) is 1.67. The first kappa shape index (κ1) is 21.8. The van der Waals surface area contributed by atoms with Crippen molar-refractivity contribution in [1.82, 2.24) is 14.7 Å². The van der Waals surface area contributed by atoms with E-state index in [1.54, 1.807) is 40.9 Å². The Bertz CT molecular complexity index is 1030. The molecule has 3 aromatic rings. The minimum Gasteiger partial charge on any atom is -0.322 e. The third-order valence-electron chi connectivity index (χ3n) is 4.15. The van der Waals surface area contributed by atoms with Gasteiger partial charge in [-0.05, 0) is 38.2 Å². The second kappa shape index (κ2) is 9.75. The average molecular weight is 446 g/mol. The molecule has 30 heavy (non-hydrogen) atoms. The minimum absolute atomic E-state index is 0.00799. The molecule has 3 rings (SSSR count). The monoisotopic (exact) mass is 445 g/mol. The predicted octanol–water partition coefficient (Wildman–Crippen LogP) is 4.00. The molecule has 0 bridgehead atoms. The zero-order chi connectivity index (χ0) is 21.7. The van der Waals surface area contributed by atoms with Crippen LogP contribution in [0.3, 0.4) is 0 Å². The van der Waals surface area contributed by atoms with Gasteiger partial charge < -0.3 is 10.6 Å². The third-order valence-corrected chi connectivity index (χ3v) is 4.78. The Morgan fingerprint density at radius 3 is 2.20 bits per heavy atom. The van der Waals surface area contributed by atoms with Crippen LogP contribution in [0.1, 0.15) is 5.69 Å². The molecule has 2 N–H and O–H groups in total. The van der Waals surface area contributed by atoms with Crippen LogP contribution in [0.4, 0.5) is 11.5 Å². The van der Waals surface area contributed by atoms with Crippen molar-refractivity contribution in [3.05, 3.63) is 70.3 Å². The average Bonchev–Trinajstić information content (AvgIpc) is 3.05. The lowest BCUT2D eigenvalue weighted by molar-refractivity contribution is -0.119. The number of nitrogens with zero attached hydrogens (tertiary/aromatic N) is 3. The van der Waals surface area contributed by atoms with Gasteiger partial charge in [0.2, 0.25) is 11.8 Å². The number of carbonyl (C=O) groups excluding carboxylic acids is 2. The van der Waals surface area contributed by atoms with Crippen molar-refractivity contribution in [2.45, 2.75) is 6.92 Å². The first-order valence-electron chi connectivity index (χ1n) is 9.18. The molecular weight excluding hydrogens is 425 g/mol. The zero-order valence-electron chi connectivity index (χ0n) is 16.5. The SMILES string of the molecule is Cc1cc(NC(=O)CN(C)CC(=O)Nc2c(Cl)cccc2Cl)n(-c2ccccc2)n1. The maximum Gasteiger partial charge on any atom is 0.239 e. The van der Waals surface area contributed by atoms with Crippen LogP contribution in [0.15, 0.2) is 54.6 Å². The van der Waals surface area contributed by atoms with E-state index in [0.29, 0.717) is 21.6 Å². The van der Waals surface area contributed by atoms with Crippen molar-refractivity contribution in [2.75, 3.05) is 30.8 Å². The van der Waals surface area contributed by atoms with Crippen molar-refractivity contribution in [2.24, 2.45) is 0 Å². The van der Waals surface area contributed by atoms with Crippen LogP contribution in [-0.4, -0.2) is 46.6 Å². The number of para-hydroxylation sites is 2. The Morgan fingerprint density at radius 2 is 1.57 bits per heavy atom. The number of rotatable bonds is 7. The molecule has 0 fully saturated rings. The Morgan fingerprint density at radius 1 is 0.967 bits per heavy atom. The number of aryl methyl sites for hydroxylation is 1. The summed E-state index contributed by atoms with van der Waals surface area (Å²) >= 11 is 12.1. The molecule has 0 aliphatic heterocycles. The van der Waals surface area contributed by atoms with Crippen LogP contribution in [0.2, 0.25) is 10.0 Å². The Kier molecular flexibility index (Phi) is 7.10. The fraction of sp³-hybridized carbons (Fsp3) is 0.190. The van der Waals surface area contributed by atoms with E-state index in [1.165, 1.54) is 0 Å². The lowest BCUT2D eigenvalue weighted by Crippen LogP contribution is -2.36. The number of aromatic nitrogens is 2. The van der Waals surface area contributed by atoms with Crippen LogP contribution in [0, 0.1) is 6.92 Å². The highest BCUT2D eigenvalue weighted by atomic mass is 35.5. The Hall–Kier alpha value is -2.87. The summed E-state index contributed by atoms with van der Waals surface area (Å²) in [6, 6.07) is 16.3. The molecule has 0 saturated heterocycles. The van der Waals surface area contributed by atoms with E-state index in [2.05, 4.69) is 15.7 Å². The molecule has 9 heteroatoms. The Balaban J connectivity index is 1.58. The first-order chi connectivity index (χ1) is 14.3. The summed E-state index contributed by atoms with van der Waals surface area (Å²) in [5, 5.41) is 10.6. The number of benzene rings is 2. The number of anilines is 2. The van der Waals surface area contributed by atoms with E-state index in [4.69, 9.17) is 23.2 Å². The van der Waals surface area contributed by atoms with E-state index in [-0.39, 0.29) is 24.9 Å². The molecule has 0 atom stereocenters. The topological polar surface area (TPSA) is 79.3 Å². The van der Waals surface area contributed by atoms with Gasteiger partial charge in [-0.25, -0.2) is 4.68 Å². The van der Waals surface area contributed by atoms with Crippen molar-refractivity contribution in [1.29, 1.82) is 0 Å². The summed E-state index contributed by atoms with van der Waals surface area (Å²) in [5.74, 6) is -0.0342. The molecule has 1 heterocycles. The second-order valence-corrected chi connectivity index (χ2v) is 7.60. The molecule has 0 spiro atoms. The van der Waals surface area contributed by atoms with Crippen LogP contribution in [-0.2, 0) is 9.59 Å². The van der Waals surface area contributed by atoms with Crippen molar-refractivity contribution >= 4 is 46.5 Å². The highest BCUT2D eigenvalue weighted by Gasteiger charge is 2.16. The van der Waals surface area contributed by atoms with Crippen molar-refractivity contribution in [3.8, 4) is 5.69 Å². The highest BCUT2D eigenvalue weighted by molar-refractivity contribution is 6.39. The van der Waals surface area contributed by atoms with Crippen molar-refractivity contribution in [3.63, 3.8) is 0 Å². The van der Waals surface area contributed by atoms with Gasteiger partial charge >= 0.3 is 0 Å². The molecule has 0 aliphatic carbocycles. The summed E-state index contributed by atoms with van der Waals surface area (Å²) in [5.41, 5.74) is 1.97. The van der Waals surface area contributed by atoms with E-state index in [9.17, 15) is 9.59 Å². The van der Waals surface area contributed by atoms with Gasteiger partial charge in [-0.3, -0.25) is 14.5 Å². The maximum atomic E-state index is 12.5. The summed E-state index contributed by atoms with van der Waals surface area (Å²) in [4.78, 5) is 26.4. The predicted molar refractivity (Wildman–Crippen MR) is 120 cm³/mol. The van der Waals surface area contributed by atoms with Crippen LogP contribution in [0.25, 0.3) is 5.69 Å². The molecule has 0 unspecified atom stereocenters. The van der Waals surface area contributed by atoms with Gasteiger partial charge in [0.05, 0.1) is 40.2 Å². The lowest BCUT2D eigenvalue weighted by Gasteiger charge is -2.17.